The van der Waals surface area contributed by atoms with Crippen LogP contribution in [0.4, 0.5) is 0 Å². The molecule has 160 valence electrons. The van der Waals surface area contributed by atoms with Crippen molar-refractivity contribution >= 4 is 11.8 Å². The number of carbonyl (C=O) groups is 2. The number of hydrogen-bond acceptors (Lipinski definition) is 5. The molecule has 3 rings (SSSR count). The van der Waals surface area contributed by atoms with Crippen LogP contribution in [0.3, 0.4) is 0 Å². The van der Waals surface area contributed by atoms with Crippen LogP contribution < -0.4 is 15.4 Å². The van der Waals surface area contributed by atoms with E-state index in [0.29, 0.717) is 24.8 Å². The number of rotatable bonds is 8. The monoisotopic (exact) mass is 403 g/mol. The molecule has 2 atom stereocenters. The maximum absolute atomic E-state index is 12.8. The average Bonchev–Trinajstić information content (AvgIpc) is 3.38. The van der Waals surface area contributed by atoms with Crippen LogP contribution in [-0.4, -0.2) is 49.2 Å². The Balaban J connectivity index is 1.73. The SMILES string of the molecule is CNC(=O)[C@H](CC(C)(C)C)NC(=O)c1ccc(C2CC2)c(OCC2CCCO2)n1. The number of pyridine rings is 1. The van der Waals surface area contributed by atoms with Crippen molar-refractivity contribution in [1.29, 1.82) is 0 Å². The Bertz CT molecular complexity index is 734. The lowest BCUT2D eigenvalue weighted by Gasteiger charge is -2.25. The Hall–Kier alpha value is -2.15. The molecule has 29 heavy (non-hydrogen) atoms. The minimum atomic E-state index is -0.617. The molecular formula is C22H33N3O4. The molecule has 1 aliphatic carbocycles. The molecule has 2 heterocycles. The molecule has 1 saturated carbocycles. The lowest BCUT2D eigenvalue weighted by molar-refractivity contribution is -0.123. The van der Waals surface area contributed by atoms with E-state index in [9.17, 15) is 9.59 Å². The molecule has 0 bridgehead atoms. The van der Waals surface area contributed by atoms with Gasteiger partial charge in [0, 0.05) is 19.2 Å². The molecular weight excluding hydrogens is 370 g/mol. The Morgan fingerprint density at radius 2 is 2.03 bits per heavy atom. The quantitative estimate of drug-likeness (QED) is 0.697. The van der Waals surface area contributed by atoms with E-state index in [1.807, 2.05) is 26.8 Å². The first-order chi connectivity index (χ1) is 13.8. The van der Waals surface area contributed by atoms with Crippen LogP contribution in [-0.2, 0) is 9.53 Å². The summed E-state index contributed by atoms with van der Waals surface area (Å²) in [5.41, 5.74) is 1.21. The van der Waals surface area contributed by atoms with Crippen molar-refractivity contribution < 1.29 is 19.1 Å². The molecule has 2 N–H and O–H groups in total. The smallest absolute Gasteiger partial charge is 0.270 e. The summed E-state index contributed by atoms with van der Waals surface area (Å²) in [6.45, 7) is 7.33. The fourth-order valence-corrected chi connectivity index (χ4v) is 3.57. The molecule has 7 nitrogen and oxygen atoms in total. The number of aromatic nitrogens is 1. The van der Waals surface area contributed by atoms with Crippen LogP contribution in [0, 0.1) is 5.41 Å². The van der Waals surface area contributed by atoms with E-state index < -0.39 is 6.04 Å². The molecule has 2 fully saturated rings. The van der Waals surface area contributed by atoms with Crippen LogP contribution in [0.5, 0.6) is 5.88 Å². The number of amides is 2. The van der Waals surface area contributed by atoms with Gasteiger partial charge in [-0.3, -0.25) is 9.59 Å². The highest BCUT2D eigenvalue weighted by Gasteiger charge is 2.30. The van der Waals surface area contributed by atoms with Gasteiger partial charge in [0.15, 0.2) is 0 Å². The zero-order valence-corrected chi connectivity index (χ0v) is 17.9. The van der Waals surface area contributed by atoms with Crippen molar-refractivity contribution in [1.82, 2.24) is 15.6 Å². The number of likely N-dealkylation sites (N-methyl/N-ethyl adjacent to an activating group) is 1. The van der Waals surface area contributed by atoms with E-state index in [0.717, 1.165) is 37.9 Å². The standard InChI is InChI=1S/C22H33N3O4/c1-22(2,3)12-18(19(26)23-4)24-20(27)17-10-9-16(14-7-8-14)21(25-17)29-13-15-6-5-11-28-15/h9-10,14-15,18H,5-8,11-13H2,1-4H3,(H,23,26)(H,24,27)/t15?,18-/m0/s1. The van der Waals surface area contributed by atoms with E-state index in [1.54, 1.807) is 13.1 Å². The first-order valence-corrected chi connectivity index (χ1v) is 10.5. The van der Waals surface area contributed by atoms with Crippen LogP contribution in [0.25, 0.3) is 0 Å². The molecule has 2 amide bonds. The molecule has 1 unspecified atom stereocenters. The second-order valence-electron chi connectivity index (χ2n) is 9.22. The van der Waals surface area contributed by atoms with Crippen LogP contribution in [0.15, 0.2) is 12.1 Å². The maximum Gasteiger partial charge on any atom is 0.270 e. The first-order valence-electron chi connectivity index (χ1n) is 10.5. The van der Waals surface area contributed by atoms with Crippen molar-refractivity contribution in [2.75, 3.05) is 20.3 Å². The van der Waals surface area contributed by atoms with Crippen molar-refractivity contribution in [2.45, 2.75) is 70.9 Å². The lowest BCUT2D eigenvalue weighted by Crippen LogP contribution is -2.47. The summed E-state index contributed by atoms with van der Waals surface area (Å²) in [4.78, 5) is 29.6. The highest BCUT2D eigenvalue weighted by Crippen LogP contribution is 2.43. The van der Waals surface area contributed by atoms with Gasteiger partial charge < -0.3 is 20.1 Å². The Kier molecular flexibility index (Phi) is 6.77. The van der Waals surface area contributed by atoms with Crippen molar-refractivity contribution in [2.24, 2.45) is 5.41 Å². The predicted molar refractivity (Wildman–Crippen MR) is 110 cm³/mol. The van der Waals surface area contributed by atoms with Gasteiger partial charge in [-0.05, 0) is 49.5 Å². The van der Waals surface area contributed by atoms with Crippen molar-refractivity contribution in [3.8, 4) is 5.88 Å². The largest absolute Gasteiger partial charge is 0.475 e. The third-order valence-electron chi connectivity index (χ3n) is 5.25. The van der Waals surface area contributed by atoms with Gasteiger partial charge in [0.1, 0.15) is 18.3 Å². The number of carbonyl (C=O) groups excluding carboxylic acids is 2. The molecule has 2 aliphatic rings. The van der Waals surface area contributed by atoms with Gasteiger partial charge in [0.2, 0.25) is 11.8 Å². The summed E-state index contributed by atoms with van der Waals surface area (Å²) in [6, 6.07) is 3.04. The molecule has 0 radical (unpaired) electrons. The van der Waals surface area contributed by atoms with Gasteiger partial charge in [-0.25, -0.2) is 4.98 Å². The van der Waals surface area contributed by atoms with E-state index >= 15 is 0 Å². The van der Waals surface area contributed by atoms with E-state index in [1.165, 1.54) is 0 Å². The summed E-state index contributed by atoms with van der Waals surface area (Å²) in [6.07, 6.45) is 4.89. The number of nitrogens with zero attached hydrogens (tertiary/aromatic N) is 1. The van der Waals surface area contributed by atoms with Crippen LogP contribution >= 0.6 is 0 Å². The second-order valence-corrected chi connectivity index (χ2v) is 9.22. The second kappa shape index (κ2) is 9.11. The van der Waals surface area contributed by atoms with Crippen molar-refractivity contribution in [3.63, 3.8) is 0 Å². The zero-order chi connectivity index (χ0) is 21.0. The number of ether oxygens (including phenoxy) is 2. The van der Waals surface area contributed by atoms with Gasteiger partial charge in [-0.15, -0.1) is 0 Å². The van der Waals surface area contributed by atoms with Crippen LogP contribution in [0.2, 0.25) is 0 Å². The fourth-order valence-electron chi connectivity index (χ4n) is 3.57. The molecule has 0 spiro atoms. The Labute approximate surface area is 172 Å². The summed E-state index contributed by atoms with van der Waals surface area (Å²) in [5, 5.41) is 5.46. The third-order valence-corrected chi connectivity index (χ3v) is 5.25. The van der Waals surface area contributed by atoms with Gasteiger partial charge in [-0.1, -0.05) is 26.8 Å². The zero-order valence-electron chi connectivity index (χ0n) is 17.9. The van der Waals surface area contributed by atoms with Crippen LogP contribution in [0.1, 0.15) is 74.8 Å². The fraction of sp³-hybridized carbons (Fsp3) is 0.682. The first kappa shape index (κ1) is 21.6. The molecule has 1 aromatic heterocycles. The summed E-state index contributed by atoms with van der Waals surface area (Å²) in [7, 11) is 1.57. The van der Waals surface area contributed by atoms with Gasteiger partial charge in [-0.2, -0.15) is 0 Å². The summed E-state index contributed by atoms with van der Waals surface area (Å²) < 4.78 is 11.6. The molecule has 1 aliphatic heterocycles. The molecule has 1 aromatic rings. The van der Waals surface area contributed by atoms with E-state index in [4.69, 9.17) is 9.47 Å². The average molecular weight is 404 g/mol. The highest BCUT2D eigenvalue weighted by atomic mass is 16.5. The number of nitrogens with one attached hydrogen (secondary N) is 2. The maximum atomic E-state index is 12.8. The molecule has 0 aromatic carbocycles. The topological polar surface area (TPSA) is 89.6 Å². The lowest BCUT2D eigenvalue weighted by atomic mass is 9.87. The van der Waals surface area contributed by atoms with Gasteiger partial charge >= 0.3 is 0 Å². The van der Waals surface area contributed by atoms with E-state index in [2.05, 4.69) is 15.6 Å². The highest BCUT2D eigenvalue weighted by molar-refractivity contribution is 5.96. The number of hydrogen-bond donors (Lipinski definition) is 2. The predicted octanol–water partition coefficient (Wildman–Crippen LogP) is 2.80. The van der Waals surface area contributed by atoms with E-state index in [-0.39, 0.29) is 29.0 Å². The third kappa shape index (κ3) is 6.16. The van der Waals surface area contributed by atoms with Gasteiger partial charge in [0.05, 0.1) is 6.10 Å². The molecule has 7 heteroatoms. The minimum absolute atomic E-state index is 0.0887. The normalized spacial score (nSPS) is 20.2. The summed E-state index contributed by atoms with van der Waals surface area (Å²) >= 11 is 0. The molecule has 1 saturated heterocycles. The van der Waals surface area contributed by atoms with Gasteiger partial charge in [0.25, 0.3) is 5.91 Å². The Morgan fingerprint density at radius 3 is 2.62 bits per heavy atom. The summed E-state index contributed by atoms with van der Waals surface area (Å²) in [5.74, 6) is 0.395. The Morgan fingerprint density at radius 1 is 1.28 bits per heavy atom. The van der Waals surface area contributed by atoms with Crippen molar-refractivity contribution in [3.05, 3.63) is 23.4 Å². The minimum Gasteiger partial charge on any atom is -0.475 e.